The quantitative estimate of drug-likeness (QED) is 0.588. The molecule has 5 aliphatic rings. The van der Waals surface area contributed by atoms with E-state index in [1.54, 1.807) is 12.3 Å². The lowest BCUT2D eigenvalue weighted by atomic mass is 9.40. The zero-order valence-corrected chi connectivity index (χ0v) is 16.4. The molecule has 29 heavy (non-hydrogen) atoms. The van der Waals surface area contributed by atoms with E-state index in [-0.39, 0.29) is 18.8 Å². The maximum Gasteiger partial charge on any atom is 0.339 e. The van der Waals surface area contributed by atoms with Gasteiger partial charge in [-0.15, -0.1) is 0 Å². The van der Waals surface area contributed by atoms with E-state index in [4.69, 9.17) is 18.6 Å². The van der Waals surface area contributed by atoms with E-state index in [1.807, 2.05) is 6.92 Å². The van der Waals surface area contributed by atoms with Gasteiger partial charge in [0.25, 0.3) is 0 Å². The highest BCUT2D eigenvalue weighted by Crippen LogP contribution is 2.69. The third kappa shape index (κ3) is 2.15. The van der Waals surface area contributed by atoms with E-state index in [0.29, 0.717) is 19.3 Å². The van der Waals surface area contributed by atoms with Crippen molar-refractivity contribution >= 4 is 17.9 Å². The second-order valence-electron chi connectivity index (χ2n) is 9.13. The number of aliphatic hydroxyl groups is 1. The Morgan fingerprint density at radius 3 is 2.76 bits per heavy atom. The molecular weight excluding hydrogens is 380 g/mol. The van der Waals surface area contributed by atoms with Crippen LogP contribution in [0.1, 0.15) is 50.7 Å². The number of ether oxygens (including phenoxy) is 3. The Kier molecular flexibility index (Phi) is 3.76. The van der Waals surface area contributed by atoms with Gasteiger partial charge in [0.05, 0.1) is 25.6 Å². The van der Waals surface area contributed by atoms with Gasteiger partial charge in [-0.1, -0.05) is 6.92 Å². The molecule has 1 spiro atoms. The van der Waals surface area contributed by atoms with Gasteiger partial charge in [0.1, 0.15) is 17.6 Å². The minimum Gasteiger partial charge on any atom is -0.472 e. The van der Waals surface area contributed by atoms with Crippen molar-refractivity contribution in [1.82, 2.24) is 0 Å². The van der Waals surface area contributed by atoms with Crippen molar-refractivity contribution in [1.29, 1.82) is 0 Å². The summed E-state index contributed by atoms with van der Waals surface area (Å²) in [4.78, 5) is 38.7. The monoisotopic (exact) mass is 404 g/mol. The van der Waals surface area contributed by atoms with Crippen molar-refractivity contribution in [2.45, 2.75) is 56.8 Å². The number of hydrogen-bond acceptors (Lipinski definition) is 8. The van der Waals surface area contributed by atoms with Crippen LogP contribution < -0.4 is 0 Å². The van der Waals surface area contributed by atoms with Crippen molar-refractivity contribution < 1.29 is 38.1 Å². The summed E-state index contributed by atoms with van der Waals surface area (Å²) < 4.78 is 21.3. The Morgan fingerprint density at radius 1 is 1.28 bits per heavy atom. The van der Waals surface area contributed by atoms with E-state index < -0.39 is 52.4 Å². The molecule has 6 rings (SSSR count). The molecule has 0 aromatic carbocycles. The minimum atomic E-state index is -1.95. The lowest BCUT2D eigenvalue weighted by Crippen LogP contribution is -2.75. The highest BCUT2D eigenvalue weighted by atomic mass is 16.6. The molecule has 3 saturated heterocycles. The van der Waals surface area contributed by atoms with Crippen LogP contribution in [0.5, 0.6) is 0 Å². The summed E-state index contributed by atoms with van der Waals surface area (Å²) in [7, 11) is 1.21. The molecule has 5 fully saturated rings. The molecule has 0 unspecified atom stereocenters. The summed E-state index contributed by atoms with van der Waals surface area (Å²) in [6.45, 7) is 1.97. The van der Waals surface area contributed by atoms with Crippen LogP contribution in [0.2, 0.25) is 0 Å². The molecule has 2 aliphatic carbocycles. The van der Waals surface area contributed by atoms with Gasteiger partial charge in [-0.3, -0.25) is 9.59 Å². The highest BCUT2D eigenvalue weighted by Gasteiger charge is 2.77. The fraction of sp³-hybridized carbons (Fsp3) is 0.667. The van der Waals surface area contributed by atoms with Gasteiger partial charge in [-0.2, -0.15) is 0 Å². The number of esters is 3. The van der Waals surface area contributed by atoms with Crippen molar-refractivity contribution in [2.75, 3.05) is 7.11 Å². The standard InChI is InChI=1S/C21H24O8/c1-19-9-14(11-4-6-27-10-11)29-16(22)13(19)3-5-20-15(19)7-12(28-17(20)23)8-21(20,25)18(24)26-2/h4,6,10,12-15,25H,3,5,7-9H2,1-2H3/t12-,13+,14+,15+,19-,20-,21+/m1/s1. The summed E-state index contributed by atoms with van der Waals surface area (Å²) in [5, 5.41) is 11.5. The second-order valence-corrected chi connectivity index (χ2v) is 9.13. The summed E-state index contributed by atoms with van der Waals surface area (Å²) in [6.07, 6.45) is 3.51. The molecule has 1 aromatic rings. The largest absolute Gasteiger partial charge is 0.472 e. The maximum atomic E-state index is 13.1. The molecule has 7 atom stereocenters. The van der Waals surface area contributed by atoms with Gasteiger partial charge >= 0.3 is 17.9 Å². The van der Waals surface area contributed by atoms with Crippen LogP contribution in [0.25, 0.3) is 0 Å². The van der Waals surface area contributed by atoms with Crippen LogP contribution in [0.4, 0.5) is 0 Å². The van der Waals surface area contributed by atoms with Gasteiger partial charge in [-0.25, -0.2) is 4.79 Å². The second kappa shape index (κ2) is 5.84. The first-order valence-electron chi connectivity index (χ1n) is 10.0. The lowest BCUT2D eigenvalue weighted by Gasteiger charge is -2.66. The van der Waals surface area contributed by atoms with Crippen LogP contribution >= 0.6 is 0 Å². The minimum absolute atomic E-state index is 0.0261. The Balaban J connectivity index is 1.62. The molecular formula is C21H24O8. The number of cyclic esters (lactones) is 1. The molecule has 156 valence electrons. The Labute approximate surface area is 167 Å². The Bertz CT molecular complexity index is 877. The number of rotatable bonds is 2. The van der Waals surface area contributed by atoms with Crippen LogP contribution in [0.15, 0.2) is 23.0 Å². The normalized spacial score (nSPS) is 45.6. The molecule has 3 aliphatic heterocycles. The SMILES string of the molecule is COC(=O)[C@@]1(O)C[C@H]2C[C@H]3[C@]4(C)C[C@@H](c5ccoc5)OC(=O)[C@@H]4CC[C@]31C(=O)O2. The number of methoxy groups -OCH3 is 1. The first-order valence-corrected chi connectivity index (χ1v) is 10.0. The molecule has 2 saturated carbocycles. The molecule has 0 radical (unpaired) electrons. The fourth-order valence-electron chi connectivity index (χ4n) is 6.68. The average Bonchev–Trinajstić information content (AvgIpc) is 3.21. The molecule has 4 heterocycles. The van der Waals surface area contributed by atoms with Crippen LogP contribution in [0.3, 0.4) is 0 Å². The summed E-state index contributed by atoms with van der Waals surface area (Å²) in [5.41, 5.74) is -3.26. The zero-order valence-electron chi connectivity index (χ0n) is 16.4. The van der Waals surface area contributed by atoms with Crippen molar-refractivity contribution in [2.24, 2.45) is 22.7 Å². The average molecular weight is 404 g/mol. The summed E-state index contributed by atoms with van der Waals surface area (Å²) >= 11 is 0. The molecule has 0 amide bonds. The molecule has 2 bridgehead atoms. The molecule has 1 N–H and O–H groups in total. The topological polar surface area (TPSA) is 112 Å². The first-order chi connectivity index (χ1) is 13.8. The smallest absolute Gasteiger partial charge is 0.339 e. The number of carbonyl (C=O) groups is 3. The van der Waals surface area contributed by atoms with Crippen molar-refractivity contribution in [3.05, 3.63) is 24.2 Å². The number of hydrogen-bond donors (Lipinski definition) is 1. The molecule has 8 heteroatoms. The molecule has 8 nitrogen and oxygen atoms in total. The predicted octanol–water partition coefficient (Wildman–Crippen LogP) is 1.91. The number of furan rings is 1. The van der Waals surface area contributed by atoms with Crippen molar-refractivity contribution in [3.8, 4) is 0 Å². The van der Waals surface area contributed by atoms with Gasteiger partial charge in [0.15, 0.2) is 5.60 Å². The fourth-order valence-corrected chi connectivity index (χ4v) is 6.68. The predicted molar refractivity (Wildman–Crippen MR) is 95.0 cm³/mol. The van der Waals surface area contributed by atoms with Crippen LogP contribution in [0, 0.1) is 22.7 Å². The van der Waals surface area contributed by atoms with Gasteiger partial charge in [-0.05, 0) is 43.1 Å². The van der Waals surface area contributed by atoms with E-state index in [9.17, 15) is 19.5 Å². The van der Waals surface area contributed by atoms with Crippen LogP contribution in [-0.4, -0.2) is 41.8 Å². The summed E-state index contributed by atoms with van der Waals surface area (Å²) in [5.74, 6) is -2.49. The summed E-state index contributed by atoms with van der Waals surface area (Å²) in [6, 6.07) is 1.76. The third-order valence-electron chi connectivity index (χ3n) is 8.02. The van der Waals surface area contributed by atoms with E-state index >= 15 is 0 Å². The highest BCUT2D eigenvalue weighted by molar-refractivity contribution is 5.93. The van der Waals surface area contributed by atoms with E-state index in [2.05, 4.69) is 0 Å². The van der Waals surface area contributed by atoms with Crippen LogP contribution in [-0.2, 0) is 28.6 Å². The van der Waals surface area contributed by atoms with E-state index in [1.165, 1.54) is 13.4 Å². The van der Waals surface area contributed by atoms with Crippen molar-refractivity contribution in [3.63, 3.8) is 0 Å². The van der Waals surface area contributed by atoms with Gasteiger partial charge < -0.3 is 23.7 Å². The number of fused-ring (bicyclic) bond motifs is 3. The van der Waals surface area contributed by atoms with E-state index in [0.717, 1.165) is 5.56 Å². The zero-order chi connectivity index (χ0) is 20.6. The Morgan fingerprint density at radius 2 is 2.07 bits per heavy atom. The van der Waals surface area contributed by atoms with Gasteiger partial charge in [0, 0.05) is 12.0 Å². The third-order valence-corrected chi connectivity index (χ3v) is 8.02. The first kappa shape index (κ1) is 18.7. The molecule has 1 aromatic heterocycles. The maximum absolute atomic E-state index is 13.1. The number of carbonyl (C=O) groups excluding carboxylic acids is 3. The van der Waals surface area contributed by atoms with Gasteiger partial charge in [0.2, 0.25) is 0 Å². The Hall–Kier alpha value is -2.35. The lowest BCUT2D eigenvalue weighted by molar-refractivity contribution is -0.283.